The lowest BCUT2D eigenvalue weighted by molar-refractivity contribution is 0.264. The highest BCUT2D eigenvalue weighted by Gasteiger charge is 2.23. The Morgan fingerprint density at radius 3 is 2.79 bits per heavy atom. The van der Waals surface area contributed by atoms with Crippen LogP contribution in [0.1, 0.15) is 26.2 Å². The number of hydrogen-bond acceptors (Lipinski definition) is 2. The summed E-state index contributed by atoms with van der Waals surface area (Å²) in [7, 11) is 0. The van der Waals surface area contributed by atoms with E-state index in [2.05, 4.69) is 23.7 Å². The average Bonchev–Trinajstić information content (AvgIpc) is 2.96. The van der Waals surface area contributed by atoms with E-state index in [4.69, 9.17) is 0 Å². The van der Waals surface area contributed by atoms with E-state index in [1.807, 2.05) is 6.08 Å². The predicted octanol–water partition coefficient (Wildman–Crippen LogP) is 1.88. The quantitative estimate of drug-likeness (QED) is 0.447. The number of hydrogen-bond donors (Lipinski definition) is 1. The van der Waals surface area contributed by atoms with Crippen LogP contribution in [-0.4, -0.2) is 37.6 Å². The first kappa shape index (κ1) is 11.7. The Morgan fingerprint density at radius 1 is 1.43 bits per heavy atom. The zero-order chi connectivity index (χ0) is 10.2. The summed E-state index contributed by atoms with van der Waals surface area (Å²) in [5, 5.41) is 3.36. The Balaban J connectivity index is 2.03. The third-order valence-corrected chi connectivity index (χ3v) is 2.65. The van der Waals surface area contributed by atoms with E-state index >= 15 is 0 Å². The van der Waals surface area contributed by atoms with Gasteiger partial charge in [-0.05, 0) is 31.7 Å². The number of nitrogens with zero attached hydrogens (tertiary/aromatic N) is 1. The van der Waals surface area contributed by atoms with Gasteiger partial charge < -0.3 is 10.2 Å². The Kier molecular flexibility index (Phi) is 5.88. The summed E-state index contributed by atoms with van der Waals surface area (Å²) in [5.41, 5.74) is 0. The molecule has 1 saturated carbocycles. The van der Waals surface area contributed by atoms with Crippen LogP contribution in [0.25, 0.3) is 0 Å². The molecule has 0 aromatic heterocycles. The summed E-state index contributed by atoms with van der Waals surface area (Å²) >= 11 is 0. The van der Waals surface area contributed by atoms with E-state index in [1.54, 1.807) is 0 Å². The summed E-state index contributed by atoms with van der Waals surface area (Å²) in [4.78, 5) is 2.59. The maximum atomic E-state index is 3.70. The second-order valence-corrected chi connectivity index (χ2v) is 4.24. The molecule has 0 unspecified atom stereocenters. The standard InChI is InChI=1S/C12H24N2/c1-3-7-13-8-10-14(9-4-2)11-12-5-6-12/h3,12-13H,1,4-11H2,2H3. The third kappa shape index (κ3) is 5.40. The van der Waals surface area contributed by atoms with Crippen molar-refractivity contribution in [2.24, 2.45) is 5.92 Å². The fourth-order valence-corrected chi connectivity index (χ4v) is 1.72. The lowest BCUT2D eigenvalue weighted by atomic mass is 10.3. The van der Waals surface area contributed by atoms with Gasteiger partial charge in [0.2, 0.25) is 0 Å². The van der Waals surface area contributed by atoms with E-state index in [-0.39, 0.29) is 0 Å². The van der Waals surface area contributed by atoms with Gasteiger partial charge in [-0.15, -0.1) is 6.58 Å². The molecule has 0 aromatic rings. The molecule has 82 valence electrons. The van der Waals surface area contributed by atoms with Crippen LogP contribution in [0.3, 0.4) is 0 Å². The van der Waals surface area contributed by atoms with E-state index < -0.39 is 0 Å². The zero-order valence-electron chi connectivity index (χ0n) is 9.47. The van der Waals surface area contributed by atoms with Crippen molar-refractivity contribution in [3.8, 4) is 0 Å². The molecule has 0 heterocycles. The maximum Gasteiger partial charge on any atom is 0.0132 e. The fraction of sp³-hybridized carbons (Fsp3) is 0.833. The first-order valence-electron chi connectivity index (χ1n) is 5.90. The van der Waals surface area contributed by atoms with Gasteiger partial charge in [0, 0.05) is 26.2 Å². The van der Waals surface area contributed by atoms with Gasteiger partial charge >= 0.3 is 0 Å². The second-order valence-electron chi connectivity index (χ2n) is 4.24. The fourth-order valence-electron chi connectivity index (χ4n) is 1.72. The van der Waals surface area contributed by atoms with Crippen molar-refractivity contribution in [3.05, 3.63) is 12.7 Å². The second kappa shape index (κ2) is 7.02. The van der Waals surface area contributed by atoms with Crippen molar-refractivity contribution in [3.63, 3.8) is 0 Å². The molecule has 2 heteroatoms. The molecule has 1 aliphatic carbocycles. The molecule has 1 fully saturated rings. The smallest absolute Gasteiger partial charge is 0.0132 e. The number of nitrogens with one attached hydrogen (secondary N) is 1. The lowest BCUT2D eigenvalue weighted by Crippen LogP contribution is -2.34. The largest absolute Gasteiger partial charge is 0.312 e. The van der Waals surface area contributed by atoms with Crippen LogP contribution < -0.4 is 5.32 Å². The minimum atomic E-state index is 0.934. The highest BCUT2D eigenvalue weighted by molar-refractivity contribution is 4.78. The molecular weight excluding hydrogens is 172 g/mol. The van der Waals surface area contributed by atoms with Gasteiger partial charge in [-0.2, -0.15) is 0 Å². The van der Waals surface area contributed by atoms with E-state index in [0.717, 1.165) is 19.0 Å². The Labute approximate surface area is 88.4 Å². The van der Waals surface area contributed by atoms with Crippen molar-refractivity contribution in [1.82, 2.24) is 10.2 Å². The van der Waals surface area contributed by atoms with E-state index in [0.29, 0.717) is 0 Å². The molecule has 0 spiro atoms. The van der Waals surface area contributed by atoms with Crippen molar-refractivity contribution in [2.75, 3.05) is 32.7 Å². The van der Waals surface area contributed by atoms with Crippen molar-refractivity contribution >= 4 is 0 Å². The summed E-state index contributed by atoms with van der Waals surface area (Å²) in [6.45, 7) is 11.8. The normalized spacial score (nSPS) is 16.1. The first-order chi connectivity index (χ1) is 6.86. The Bertz CT molecular complexity index is 152. The third-order valence-electron chi connectivity index (χ3n) is 2.65. The van der Waals surface area contributed by atoms with Crippen LogP contribution in [0.15, 0.2) is 12.7 Å². The van der Waals surface area contributed by atoms with Crippen molar-refractivity contribution in [2.45, 2.75) is 26.2 Å². The topological polar surface area (TPSA) is 15.3 Å². The highest BCUT2D eigenvalue weighted by atomic mass is 15.1. The zero-order valence-corrected chi connectivity index (χ0v) is 9.47. The van der Waals surface area contributed by atoms with Gasteiger partial charge in [0.1, 0.15) is 0 Å². The lowest BCUT2D eigenvalue weighted by Gasteiger charge is -2.21. The molecule has 14 heavy (non-hydrogen) atoms. The highest BCUT2D eigenvalue weighted by Crippen LogP contribution is 2.29. The van der Waals surface area contributed by atoms with Gasteiger partial charge in [-0.3, -0.25) is 0 Å². The van der Waals surface area contributed by atoms with Crippen LogP contribution in [0.4, 0.5) is 0 Å². The first-order valence-corrected chi connectivity index (χ1v) is 5.90. The van der Waals surface area contributed by atoms with E-state index in [9.17, 15) is 0 Å². The molecule has 1 aliphatic rings. The van der Waals surface area contributed by atoms with E-state index in [1.165, 1.54) is 38.9 Å². The SMILES string of the molecule is C=CCNCCN(CCC)CC1CC1. The molecule has 0 saturated heterocycles. The minimum absolute atomic E-state index is 0.934. The van der Waals surface area contributed by atoms with Crippen LogP contribution in [0.2, 0.25) is 0 Å². The van der Waals surface area contributed by atoms with Crippen molar-refractivity contribution in [1.29, 1.82) is 0 Å². The number of rotatable bonds is 9. The molecule has 0 amide bonds. The molecule has 1 N–H and O–H groups in total. The molecule has 0 aliphatic heterocycles. The molecule has 1 rings (SSSR count). The predicted molar refractivity (Wildman–Crippen MR) is 62.5 cm³/mol. The molecular formula is C12H24N2. The maximum absolute atomic E-state index is 3.70. The van der Waals surface area contributed by atoms with Crippen LogP contribution in [-0.2, 0) is 0 Å². The summed E-state index contributed by atoms with van der Waals surface area (Å²) in [6.07, 6.45) is 6.11. The average molecular weight is 196 g/mol. The molecule has 0 bridgehead atoms. The molecule has 0 aromatic carbocycles. The van der Waals surface area contributed by atoms with Gasteiger partial charge in [0.05, 0.1) is 0 Å². The van der Waals surface area contributed by atoms with Crippen molar-refractivity contribution < 1.29 is 0 Å². The summed E-state index contributed by atoms with van der Waals surface area (Å²) in [6, 6.07) is 0. The summed E-state index contributed by atoms with van der Waals surface area (Å²) < 4.78 is 0. The molecule has 0 radical (unpaired) electrons. The summed E-state index contributed by atoms with van der Waals surface area (Å²) in [5.74, 6) is 1.01. The minimum Gasteiger partial charge on any atom is -0.312 e. The Morgan fingerprint density at radius 2 is 2.21 bits per heavy atom. The van der Waals surface area contributed by atoms with Crippen LogP contribution >= 0.6 is 0 Å². The molecule has 0 atom stereocenters. The van der Waals surface area contributed by atoms with Gasteiger partial charge in [0.25, 0.3) is 0 Å². The van der Waals surface area contributed by atoms with Crippen LogP contribution in [0.5, 0.6) is 0 Å². The Hall–Kier alpha value is -0.340. The molecule has 2 nitrogen and oxygen atoms in total. The van der Waals surface area contributed by atoms with Crippen LogP contribution in [0, 0.1) is 5.92 Å². The van der Waals surface area contributed by atoms with Gasteiger partial charge in [0.15, 0.2) is 0 Å². The van der Waals surface area contributed by atoms with Gasteiger partial charge in [-0.1, -0.05) is 13.0 Å². The monoisotopic (exact) mass is 196 g/mol. The van der Waals surface area contributed by atoms with Gasteiger partial charge in [-0.25, -0.2) is 0 Å².